The lowest BCUT2D eigenvalue weighted by Gasteiger charge is -2.15. The number of halogens is 1. The van der Waals surface area contributed by atoms with Crippen molar-refractivity contribution in [2.24, 2.45) is 5.73 Å². The Morgan fingerprint density at radius 2 is 1.47 bits per heavy atom. The summed E-state index contributed by atoms with van der Waals surface area (Å²) in [4.78, 5) is 0. The van der Waals surface area contributed by atoms with E-state index in [1.54, 1.807) is 0 Å². The van der Waals surface area contributed by atoms with Gasteiger partial charge in [-0.05, 0) is 34.0 Å². The van der Waals surface area contributed by atoms with Crippen molar-refractivity contribution < 1.29 is 0 Å². The van der Waals surface area contributed by atoms with Gasteiger partial charge in [-0.15, -0.1) is 0 Å². The Balaban J connectivity index is 2.11. The van der Waals surface area contributed by atoms with E-state index in [1.165, 1.54) is 10.8 Å². The molecule has 0 fully saturated rings. The number of nitrogens with two attached hydrogens (primary N) is 1. The van der Waals surface area contributed by atoms with Gasteiger partial charge in [0.25, 0.3) is 0 Å². The molecule has 0 spiro atoms. The number of hydrogen-bond donors (Lipinski definition) is 1. The van der Waals surface area contributed by atoms with Crippen LogP contribution < -0.4 is 5.73 Å². The zero-order valence-electron chi connectivity index (χ0n) is 10.4. The molecule has 0 aliphatic rings. The van der Waals surface area contributed by atoms with Gasteiger partial charge >= 0.3 is 0 Å². The Morgan fingerprint density at radius 3 is 2.26 bits per heavy atom. The third-order valence-corrected chi connectivity index (χ3v) is 3.64. The summed E-state index contributed by atoms with van der Waals surface area (Å²) in [5, 5.41) is 3.14. The Hall–Kier alpha value is -1.83. The van der Waals surface area contributed by atoms with E-state index in [4.69, 9.17) is 17.3 Å². The first-order valence-corrected chi connectivity index (χ1v) is 6.62. The van der Waals surface area contributed by atoms with E-state index < -0.39 is 0 Å². The molecule has 0 saturated carbocycles. The van der Waals surface area contributed by atoms with Gasteiger partial charge in [0.1, 0.15) is 0 Å². The Kier molecular flexibility index (Phi) is 3.24. The fraction of sp³-hybridized carbons (Fsp3) is 0.0588. The van der Waals surface area contributed by atoms with Gasteiger partial charge in [-0.2, -0.15) is 0 Å². The number of hydrogen-bond acceptors (Lipinski definition) is 1. The molecule has 0 aliphatic carbocycles. The van der Waals surface area contributed by atoms with Crippen molar-refractivity contribution in [3.05, 3.63) is 82.9 Å². The molecule has 1 atom stereocenters. The van der Waals surface area contributed by atoms with E-state index in [0.717, 1.165) is 16.1 Å². The minimum atomic E-state index is -0.136. The van der Waals surface area contributed by atoms with Crippen LogP contribution in [0, 0.1) is 0 Å². The molecule has 2 N–H and O–H groups in total. The van der Waals surface area contributed by atoms with Gasteiger partial charge in [0.05, 0.1) is 6.04 Å². The topological polar surface area (TPSA) is 26.0 Å². The Morgan fingerprint density at radius 1 is 0.789 bits per heavy atom. The molecule has 94 valence electrons. The number of benzene rings is 3. The van der Waals surface area contributed by atoms with Gasteiger partial charge in [-0.3, -0.25) is 0 Å². The predicted molar refractivity (Wildman–Crippen MR) is 81.4 cm³/mol. The van der Waals surface area contributed by atoms with E-state index in [-0.39, 0.29) is 6.04 Å². The summed E-state index contributed by atoms with van der Waals surface area (Å²) < 4.78 is 0. The van der Waals surface area contributed by atoms with E-state index in [1.807, 2.05) is 42.5 Å². The van der Waals surface area contributed by atoms with Gasteiger partial charge in [-0.25, -0.2) is 0 Å². The zero-order chi connectivity index (χ0) is 13.2. The summed E-state index contributed by atoms with van der Waals surface area (Å²) in [6, 6.07) is 22.1. The maximum absolute atomic E-state index is 6.39. The van der Waals surface area contributed by atoms with E-state index in [2.05, 4.69) is 24.3 Å². The van der Waals surface area contributed by atoms with Crippen LogP contribution in [-0.2, 0) is 0 Å². The van der Waals surface area contributed by atoms with E-state index >= 15 is 0 Å². The van der Waals surface area contributed by atoms with Crippen LogP contribution in [-0.4, -0.2) is 0 Å². The van der Waals surface area contributed by atoms with Gasteiger partial charge in [0, 0.05) is 5.02 Å². The van der Waals surface area contributed by atoms with Gasteiger partial charge in [-0.1, -0.05) is 66.2 Å². The van der Waals surface area contributed by atoms with Crippen molar-refractivity contribution in [1.29, 1.82) is 0 Å². The number of fused-ring (bicyclic) bond motifs is 1. The number of rotatable bonds is 2. The fourth-order valence-corrected chi connectivity index (χ4v) is 2.50. The van der Waals surface area contributed by atoms with Crippen LogP contribution >= 0.6 is 11.6 Å². The van der Waals surface area contributed by atoms with Crippen molar-refractivity contribution in [1.82, 2.24) is 0 Å². The average molecular weight is 268 g/mol. The molecule has 1 nitrogen and oxygen atoms in total. The molecule has 2 heteroatoms. The van der Waals surface area contributed by atoms with Gasteiger partial charge in [0.2, 0.25) is 0 Å². The highest BCUT2D eigenvalue weighted by Crippen LogP contribution is 2.27. The van der Waals surface area contributed by atoms with Crippen LogP contribution in [0.2, 0.25) is 5.02 Å². The molecule has 0 bridgehead atoms. The molecule has 0 radical (unpaired) electrons. The second-order valence-corrected chi connectivity index (χ2v) is 5.03. The largest absolute Gasteiger partial charge is 0.320 e. The second kappa shape index (κ2) is 5.04. The first-order chi connectivity index (χ1) is 9.25. The van der Waals surface area contributed by atoms with Crippen LogP contribution in [0.3, 0.4) is 0 Å². The molecule has 0 saturated heterocycles. The lowest BCUT2D eigenvalue weighted by Crippen LogP contribution is -2.12. The Bertz CT molecular complexity index is 699. The average Bonchev–Trinajstić information content (AvgIpc) is 2.47. The lowest BCUT2D eigenvalue weighted by atomic mass is 9.94. The minimum absolute atomic E-state index is 0.136. The first kappa shape index (κ1) is 12.2. The molecular weight excluding hydrogens is 254 g/mol. The summed E-state index contributed by atoms with van der Waals surface area (Å²) >= 11 is 5.92. The van der Waals surface area contributed by atoms with Crippen LogP contribution in [0.1, 0.15) is 17.2 Å². The third kappa shape index (κ3) is 2.35. The van der Waals surface area contributed by atoms with Gasteiger partial charge < -0.3 is 5.73 Å². The van der Waals surface area contributed by atoms with E-state index in [9.17, 15) is 0 Å². The molecule has 0 amide bonds. The molecule has 3 rings (SSSR count). The minimum Gasteiger partial charge on any atom is -0.320 e. The van der Waals surface area contributed by atoms with E-state index in [0.29, 0.717) is 0 Å². The lowest BCUT2D eigenvalue weighted by molar-refractivity contribution is 0.881. The standard InChI is InChI=1S/C17H14ClN/c18-14-10-8-13(9-11-14)17(19)16-7-3-5-12-4-1-2-6-15(12)16/h1-11,17H,19H2. The molecule has 19 heavy (non-hydrogen) atoms. The maximum atomic E-state index is 6.39. The highest BCUT2D eigenvalue weighted by atomic mass is 35.5. The molecule has 0 heterocycles. The first-order valence-electron chi connectivity index (χ1n) is 6.24. The smallest absolute Gasteiger partial charge is 0.0557 e. The van der Waals surface area contributed by atoms with Crippen molar-refractivity contribution >= 4 is 22.4 Å². The molecular formula is C17H14ClN. The highest BCUT2D eigenvalue weighted by molar-refractivity contribution is 6.30. The zero-order valence-corrected chi connectivity index (χ0v) is 11.1. The molecule has 0 aliphatic heterocycles. The maximum Gasteiger partial charge on any atom is 0.0557 e. The molecule has 3 aromatic rings. The quantitative estimate of drug-likeness (QED) is 0.725. The highest BCUT2D eigenvalue weighted by Gasteiger charge is 2.11. The van der Waals surface area contributed by atoms with Crippen LogP contribution in [0.5, 0.6) is 0 Å². The summed E-state index contributed by atoms with van der Waals surface area (Å²) in [5.41, 5.74) is 8.60. The second-order valence-electron chi connectivity index (χ2n) is 4.60. The Labute approximate surface area is 117 Å². The fourth-order valence-electron chi connectivity index (χ4n) is 2.37. The van der Waals surface area contributed by atoms with Crippen LogP contribution in [0.4, 0.5) is 0 Å². The molecule has 0 aromatic heterocycles. The third-order valence-electron chi connectivity index (χ3n) is 3.39. The van der Waals surface area contributed by atoms with Crippen LogP contribution in [0.25, 0.3) is 10.8 Å². The van der Waals surface area contributed by atoms with Crippen molar-refractivity contribution in [2.75, 3.05) is 0 Å². The summed E-state index contributed by atoms with van der Waals surface area (Å²) in [7, 11) is 0. The predicted octanol–water partition coefficient (Wildman–Crippen LogP) is 4.54. The van der Waals surface area contributed by atoms with Crippen molar-refractivity contribution in [3.8, 4) is 0 Å². The summed E-state index contributed by atoms with van der Waals surface area (Å²) in [6.45, 7) is 0. The van der Waals surface area contributed by atoms with Crippen molar-refractivity contribution in [3.63, 3.8) is 0 Å². The van der Waals surface area contributed by atoms with Crippen molar-refractivity contribution in [2.45, 2.75) is 6.04 Å². The summed E-state index contributed by atoms with van der Waals surface area (Å²) in [6.07, 6.45) is 0. The molecule has 1 unspecified atom stereocenters. The van der Waals surface area contributed by atoms with Crippen LogP contribution in [0.15, 0.2) is 66.7 Å². The summed E-state index contributed by atoms with van der Waals surface area (Å²) in [5.74, 6) is 0. The normalized spacial score (nSPS) is 12.5. The molecule has 3 aromatic carbocycles. The SMILES string of the molecule is NC(c1ccc(Cl)cc1)c1cccc2ccccc12. The monoisotopic (exact) mass is 267 g/mol. The van der Waals surface area contributed by atoms with Gasteiger partial charge in [0.15, 0.2) is 0 Å².